The van der Waals surface area contributed by atoms with Crippen LogP contribution in [-0.4, -0.2) is 9.55 Å². The molecule has 1 unspecified atom stereocenters. The minimum absolute atomic E-state index is 0.439. The van der Waals surface area contributed by atoms with E-state index in [1.54, 1.807) is 0 Å². The van der Waals surface area contributed by atoms with Gasteiger partial charge in [-0.1, -0.05) is 42.5 Å². The molecule has 0 radical (unpaired) electrons. The van der Waals surface area contributed by atoms with Gasteiger partial charge in [-0.15, -0.1) is 0 Å². The van der Waals surface area contributed by atoms with Gasteiger partial charge < -0.3 is 4.57 Å². The van der Waals surface area contributed by atoms with Crippen LogP contribution >= 0.6 is 0 Å². The van der Waals surface area contributed by atoms with Crippen molar-refractivity contribution < 1.29 is 0 Å². The molecule has 0 aliphatic heterocycles. The summed E-state index contributed by atoms with van der Waals surface area (Å²) in [4.78, 5) is 4.10. The molecule has 0 saturated carbocycles. The van der Waals surface area contributed by atoms with Gasteiger partial charge in [0.2, 0.25) is 0 Å². The van der Waals surface area contributed by atoms with Crippen molar-refractivity contribution in [2.24, 2.45) is 0 Å². The average molecular weight is 236 g/mol. The van der Waals surface area contributed by atoms with Gasteiger partial charge >= 0.3 is 0 Å². The Morgan fingerprint density at radius 1 is 1.11 bits per heavy atom. The smallest absolute Gasteiger partial charge is 0.0948 e. The molecule has 18 heavy (non-hydrogen) atoms. The lowest BCUT2D eigenvalue weighted by atomic mass is 10.0. The molecule has 0 N–H and O–H groups in total. The van der Waals surface area contributed by atoms with Crippen LogP contribution in [0.25, 0.3) is 10.8 Å². The number of imidazole rings is 1. The standard InChI is InChI=1S/C16H16N2/c1-13(18-9-8-17-12-18)10-14-6-7-15-4-2-3-5-16(15)11-14/h2-9,11-13H,10H2,1H3. The second-order valence-electron chi connectivity index (χ2n) is 4.74. The molecule has 0 aliphatic carbocycles. The molecule has 0 amide bonds. The van der Waals surface area contributed by atoms with Gasteiger partial charge in [-0.05, 0) is 29.7 Å². The summed E-state index contributed by atoms with van der Waals surface area (Å²) >= 11 is 0. The summed E-state index contributed by atoms with van der Waals surface area (Å²) in [6.07, 6.45) is 6.76. The fourth-order valence-electron chi connectivity index (χ4n) is 2.34. The number of hydrogen-bond donors (Lipinski definition) is 0. The van der Waals surface area contributed by atoms with Crippen molar-refractivity contribution in [2.45, 2.75) is 19.4 Å². The maximum absolute atomic E-state index is 4.10. The largest absolute Gasteiger partial charge is 0.334 e. The van der Waals surface area contributed by atoms with Gasteiger partial charge in [0.05, 0.1) is 6.33 Å². The third-order valence-electron chi connectivity index (χ3n) is 3.38. The highest BCUT2D eigenvalue weighted by Gasteiger charge is 2.05. The predicted molar refractivity (Wildman–Crippen MR) is 74.6 cm³/mol. The number of rotatable bonds is 3. The molecule has 90 valence electrons. The second kappa shape index (κ2) is 4.65. The van der Waals surface area contributed by atoms with Crippen LogP contribution in [0.3, 0.4) is 0 Å². The molecule has 0 aliphatic rings. The van der Waals surface area contributed by atoms with Crippen LogP contribution in [0.15, 0.2) is 61.2 Å². The Bertz CT molecular complexity index is 641. The van der Waals surface area contributed by atoms with Crippen LogP contribution < -0.4 is 0 Å². The van der Waals surface area contributed by atoms with E-state index in [1.165, 1.54) is 16.3 Å². The monoisotopic (exact) mass is 236 g/mol. The van der Waals surface area contributed by atoms with Crippen LogP contribution in [0.1, 0.15) is 18.5 Å². The predicted octanol–water partition coefficient (Wildman–Crippen LogP) is 3.84. The van der Waals surface area contributed by atoms with E-state index in [0.29, 0.717) is 6.04 Å². The van der Waals surface area contributed by atoms with Crippen LogP contribution in [0.4, 0.5) is 0 Å². The van der Waals surface area contributed by atoms with Crippen molar-refractivity contribution in [2.75, 3.05) is 0 Å². The van der Waals surface area contributed by atoms with Crippen LogP contribution in [0.5, 0.6) is 0 Å². The molecule has 3 aromatic rings. The number of aromatic nitrogens is 2. The first-order chi connectivity index (χ1) is 8.83. The van der Waals surface area contributed by atoms with E-state index in [-0.39, 0.29) is 0 Å². The van der Waals surface area contributed by atoms with Gasteiger partial charge in [0.25, 0.3) is 0 Å². The Kier molecular flexibility index (Phi) is 2.85. The first kappa shape index (κ1) is 11.0. The van der Waals surface area contributed by atoms with Crippen LogP contribution in [-0.2, 0) is 6.42 Å². The van der Waals surface area contributed by atoms with Gasteiger partial charge in [-0.2, -0.15) is 0 Å². The lowest BCUT2D eigenvalue weighted by molar-refractivity contribution is 0.544. The van der Waals surface area contributed by atoms with Crippen molar-refractivity contribution in [1.82, 2.24) is 9.55 Å². The van der Waals surface area contributed by atoms with E-state index in [0.717, 1.165) is 6.42 Å². The fraction of sp³-hybridized carbons (Fsp3) is 0.188. The highest BCUT2D eigenvalue weighted by molar-refractivity contribution is 5.82. The molecule has 1 heterocycles. The number of hydrogen-bond acceptors (Lipinski definition) is 1. The molecule has 1 atom stereocenters. The van der Waals surface area contributed by atoms with Crippen molar-refractivity contribution in [1.29, 1.82) is 0 Å². The van der Waals surface area contributed by atoms with Crippen LogP contribution in [0, 0.1) is 0 Å². The molecule has 2 aromatic carbocycles. The van der Waals surface area contributed by atoms with Gasteiger partial charge in [-0.3, -0.25) is 0 Å². The lowest BCUT2D eigenvalue weighted by Crippen LogP contribution is -2.05. The van der Waals surface area contributed by atoms with E-state index in [9.17, 15) is 0 Å². The number of fused-ring (bicyclic) bond motifs is 1. The molecule has 0 spiro atoms. The highest BCUT2D eigenvalue weighted by Crippen LogP contribution is 2.19. The summed E-state index contributed by atoms with van der Waals surface area (Å²) in [5.74, 6) is 0. The summed E-state index contributed by atoms with van der Waals surface area (Å²) in [7, 11) is 0. The second-order valence-corrected chi connectivity index (χ2v) is 4.74. The van der Waals surface area contributed by atoms with E-state index < -0.39 is 0 Å². The summed E-state index contributed by atoms with van der Waals surface area (Å²) in [6.45, 7) is 2.22. The van der Waals surface area contributed by atoms with Crippen LogP contribution in [0.2, 0.25) is 0 Å². The zero-order chi connectivity index (χ0) is 12.4. The van der Waals surface area contributed by atoms with E-state index in [4.69, 9.17) is 0 Å². The van der Waals surface area contributed by atoms with Gasteiger partial charge in [0, 0.05) is 18.4 Å². The third-order valence-corrected chi connectivity index (χ3v) is 3.38. The Hall–Kier alpha value is -2.09. The molecule has 2 nitrogen and oxygen atoms in total. The zero-order valence-electron chi connectivity index (χ0n) is 10.5. The highest BCUT2D eigenvalue weighted by atomic mass is 15.0. The molecular formula is C16H16N2. The van der Waals surface area contributed by atoms with E-state index >= 15 is 0 Å². The Labute approximate surface area is 107 Å². The minimum Gasteiger partial charge on any atom is -0.334 e. The summed E-state index contributed by atoms with van der Waals surface area (Å²) in [5, 5.41) is 2.62. The molecule has 0 saturated heterocycles. The maximum Gasteiger partial charge on any atom is 0.0948 e. The Balaban J connectivity index is 1.86. The Morgan fingerprint density at radius 3 is 2.72 bits per heavy atom. The zero-order valence-corrected chi connectivity index (χ0v) is 10.5. The molecule has 2 heteroatoms. The third kappa shape index (κ3) is 2.14. The van der Waals surface area contributed by atoms with Crippen molar-refractivity contribution in [3.63, 3.8) is 0 Å². The summed E-state index contributed by atoms with van der Waals surface area (Å²) < 4.78 is 2.15. The molecule has 0 fully saturated rings. The van der Waals surface area contributed by atoms with Crippen molar-refractivity contribution in [3.8, 4) is 0 Å². The average Bonchev–Trinajstić information content (AvgIpc) is 2.92. The van der Waals surface area contributed by atoms with E-state index in [2.05, 4.69) is 58.9 Å². The maximum atomic E-state index is 4.10. The van der Waals surface area contributed by atoms with Gasteiger partial charge in [0.1, 0.15) is 0 Å². The molecular weight excluding hydrogens is 220 g/mol. The summed E-state index contributed by atoms with van der Waals surface area (Å²) in [6, 6.07) is 15.6. The lowest BCUT2D eigenvalue weighted by Gasteiger charge is -2.13. The SMILES string of the molecule is CC(Cc1ccc2ccccc2c1)n1ccnc1. The summed E-state index contributed by atoms with van der Waals surface area (Å²) in [5.41, 5.74) is 1.37. The van der Waals surface area contributed by atoms with Gasteiger partial charge in [-0.25, -0.2) is 4.98 Å². The van der Waals surface area contributed by atoms with Crippen molar-refractivity contribution in [3.05, 3.63) is 66.7 Å². The number of benzene rings is 2. The Morgan fingerprint density at radius 2 is 1.94 bits per heavy atom. The number of nitrogens with zero attached hydrogens (tertiary/aromatic N) is 2. The van der Waals surface area contributed by atoms with Gasteiger partial charge in [0.15, 0.2) is 0 Å². The molecule has 3 rings (SSSR count). The van der Waals surface area contributed by atoms with E-state index in [1.807, 2.05) is 18.7 Å². The first-order valence-corrected chi connectivity index (χ1v) is 6.28. The quantitative estimate of drug-likeness (QED) is 0.675. The first-order valence-electron chi connectivity index (χ1n) is 6.28. The molecule has 1 aromatic heterocycles. The minimum atomic E-state index is 0.439. The topological polar surface area (TPSA) is 17.8 Å². The molecule has 0 bridgehead atoms. The fourth-order valence-corrected chi connectivity index (χ4v) is 2.34. The van der Waals surface area contributed by atoms with Crippen molar-refractivity contribution >= 4 is 10.8 Å². The normalized spacial score (nSPS) is 12.7.